The first kappa shape index (κ1) is 15.5. The minimum Gasteiger partial charge on any atom is -0.478 e. The lowest BCUT2D eigenvalue weighted by Gasteiger charge is -2.13. The lowest BCUT2D eigenvalue weighted by molar-refractivity contribution is 0.0696. The van der Waals surface area contributed by atoms with E-state index < -0.39 is 44.1 Å². The van der Waals surface area contributed by atoms with Gasteiger partial charge in [0.05, 0.1) is 5.56 Å². The predicted octanol–water partition coefficient (Wildman–Crippen LogP) is 1.74. The number of hydrogen-bond donors (Lipinski definition) is 2. The average molecular weight is 293 g/mol. The van der Waals surface area contributed by atoms with E-state index in [1.807, 2.05) is 0 Å². The minimum atomic E-state index is -4.31. The monoisotopic (exact) mass is 293 g/mol. The third-order valence-electron chi connectivity index (χ3n) is 2.50. The van der Waals surface area contributed by atoms with E-state index in [0.29, 0.717) is 18.6 Å². The molecule has 0 radical (unpaired) electrons. The van der Waals surface area contributed by atoms with Crippen molar-refractivity contribution in [2.24, 2.45) is 0 Å². The lowest BCUT2D eigenvalue weighted by atomic mass is 10.2. The Kier molecular flexibility index (Phi) is 4.59. The standard InChI is InChI=1S/C11H13F2NO4S/c1-3-6(2)14-19(17,18)9-5-7(11(15)16)4-8(12)10(9)13/h4-6,14H,3H2,1-2H3,(H,15,16). The highest BCUT2D eigenvalue weighted by molar-refractivity contribution is 7.89. The molecular weight excluding hydrogens is 280 g/mol. The smallest absolute Gasteiger partial charge is 0.335 e. The van der Waals surface area contributed by atoms with Crippen molar-refractivity contribution in [3.8, 4) is 0 Å². The zero-order valence-corrected chi connectivity index (χ0v) is 11.1. The number of carboxylic acids is 1. The van der Waals surface area contributed by atoms with E-state index in [4.69, 9.17) is 5.11 Å². The van der Waals surface area contributed by atoms with E-state index in [1.165, 1.54) is 0 Å². The summed E-state index contributed by atoms with van der Waals surface area (Å²) in [6, 6.07) is 0.534. The van der Waals surface area contributed by atoms with Crippen LogP contribution in [0, 0.1) is 11.6 Å². The summed E-state index contributed by atoms with van der Waals surface area (Å²) in [5, 5.41) is 8.71. The van der Waals surface area contributed by atoms with Crippen molar-refractivity contribution in [3.05, 3.63) is 29.3 Å². The van der Waals surface area contributed by atoms with Gasteiger partial charge >= 0.3 is 5.97 Å². The number of sulfonamides is 1. The normalized spacial score (nSPS) is 13.3. The Morgan fingerprint density at radius 3 is 2.47 bits per heavy atom. The van der Waals surface area contributed by atoms with Crippen molar-refractivity contribution < 1.29 is 27.1 Å². The molecule has 1 rings (SSSR count). The van der Waals surface area contributed by atoms with E-state index in [2.05, 4.69) is 4.72 Å². The van der Waals surface area contributed by atoms with Gasteiger partial charge in [-0.3, -0.25) is 0 Å². The summed E-state index contributed by atoms with van der Waals surface area (Å²) in [6.07, 6.45) is 0.446. The first-order valence-electron chi connectivity index (χ1n) is 5.43. The third kappa shape index (κ3) is 3.48. The van der Waals surface area contributed by atoms with Gasteiger partial charge < -0.3 is 5.11 Å². The highest BCUT2D eigenvalue weighted by Gasteiger charge is 2.25. The van der Waals surface area contributed by atoms with Gasteiger partial charge in [0.2, 0.25) is 10.0 Å². The summed E-state index contributed by atoms with van der Waals surface area (Å²) in [5.74, 6) is -4.66. The van der Waals surface area contributed by atoms with Crippen LogP contribution < -0.4 is 4.72 Å². The predicted molar refractivity (Wildman–Crippen MR) is 63.4 cm³/mol. The molecule has 1 unspecified atom stereocenters. The van der Waals surface area contributed by atoms with Crippen LogP contribution in [0.25, 0.3) is 0 Å². The maximum absolute atomic E-state index is 13.5. The van der Waals surface area contributed by atoms with Gasteiger partial charge in [-0.1, -0.05) is 6.92 Å². The Bertz CT molecular complexity index is 601. The fraction of sp³-hybridized carbons (Fsp3) is 0.364. The van der Waals surface area contributed by atoms with Gasteiger partial charge in [-0.15, -0.1) is 0 Å². The molecule has 8 heteroatoms. The van der Waals surface area contributed by atoms with Crippen molar-refractivity contribution in [2.75, 3.05) is 0 Å². The first-order chi connectivity index (χ1) is 8.69. The van der Waals surface area contributed by atoms with Crippen molar-refractivity contribution >= 4 is 16.0 Å². The molecule has 0 fully saturated rings. The van der Waals surface area contributed by atoms with E-state index >= 15 is 0 Å². The summed E-state index contributed by atoms with van der Waals surface area (Å²) in [4.78, 5) is 9.71. The van der Waals surface area contributed by atoms with Crippen LogP contribution in [0.3, 0.4) is 0 Å². The number of halogens is 2. The maximum Gasteiger partial charge on any atom is 0.335 e. The second-order valence-electron chi connectivity index (χ2n) is 4.01. The molecule has 0 saturated heterocycles. The number of carboxylic acid groups (broad SMARTS) is 1. The second kappa shape index (κ2) is 5.62. The number of hydrogen-bond acceptors (Lipinski definition) is 3. The molecule has 0 aliphatic carbocycles. The van der Waals surface area contributed by atoms with Crippen molar-refractivity contribution in [1.29, 1.82) is 0 Å². The molecule has 106 valence electrons. The molecule has 0 spiro atoms. The Morgan fingerprint density at radius 2 is 2.00 bits per heavy atom. The van der Waals surface area contributed by atoms with Crippen molar-refractivity contribution in [2.45, 2.75) is 31.2 Å². The molecule has 0 heterocycles. The quantitative estimate of drug-likeness (QED) is 0.866. The topological polar surface area (TPSA) is 83.5 Å². The van der Waals surface area contributed by atoms with Crippen LogP contribution in [0.2, 0.25) is 0 Å². The Balaban J connectivity index is 3.37. The van der Waals surface area contributed by atoms with Gasteiger partial charge in [0.15, 0.2) is 11.6 Å². The van der Waals surface area contributed by atoms with Gasteiger partial charge in [-0.2, -0.15) is 0 Å². The van der Waals surface area contributed by atoms with Gasteiger partial charge in [0.25, 0.3) is 0 Å². The Hall–Kier alpha value is -1.54. The summed E-state index contributed by atoms with van der Waals surface area (Å²) in [7, 11) is -4.31. The van der Waals surface area contributed by atoms with Crippen LogP contribution in [0.5, 0.6) is 0 Å². The fourth-order valence-electron chi connectivity index (χ4n) is 1.29. The zero-order valence-electron chi connectivity index (χ0n) is 10.3. The largest absolute Gasteiger partial charge is 0.478 e. The summed E-state index contributed by atoms with van der Waals surface area (Å²) < 4.78 is 52.5. The van der Waals surface area contributed by atoms with E-state index in [0.717, 1.165) is 0 Å². The molecule has 0 aromatic heterocycles. The average Bonchev–Trinajstić information content (AvgIpc) is 2.31. The Morgan fingerprint density at radius 1 is 1.42 bits per heavy atom. The van der Waals surface area contributed by atoms with Crippen LogP contribution in [0.15, 0.2) is 17.0 Å². The lowest BCUT2D eigenvalue weighted by Crippen LogP contribution is -2.33. The van der Waals surface area contributed by atoms with Crippen LogP contribution in [-0.4, -0.2) is 25.5 Å². The molecule has 0 aliphatic heterocycles. The number of carbonyl (C=O) groups is 1. The van der Waals surface area contributed by atoms with E-state index in [1.54, 1.807) is 13.8 Å². The third-order valence-corrected chi connectivity index (χ3v) is 4.09. The maximum atomic E-state index is 13.5. The number of aromatic carboxylic acids is 1. The van der Waals surface area contributed by atoms with Gasteiger partial charge in [-0.25, -0.2) is 26.7 Å². The molecule has 1 aromatic rings. The van der Waals surface area contributed by atoms with Gasteiger partial charge in [0, 0.05) is 6.04 Å². The molecule has 0 aliphatic rings. The fourth-order valence-corrected chi connectivity index (χ4v) is 2.73. The van der Waals surface area contributed by atoms with Crippen LogP contribution >= 0.6 is 0 Å². The van der Waals surface area contributed by atoms with Gasteiger partial charge in [-0.05, 0) is 25.5 Å². The number of benzene rings is 1. The molecule has 5 nitrogen and oxygen atoms in total. The molecule has 2 N–H and O–H groups in total. The van der Waals surface area contributed by atoms with Crippen LogP contribution in [0.1, 0.15) is 30.6 Å². The minimum absolute atomic E-state index is 0.430. The van der Waals surface area contributed by atoms with Crippen molar-refractivity contribution in [3.63, 3.8) is 0 Å². The number of rotatable bonds is 5. The second-order valence-corrected chi connectivity index (χ2v) is 5.69. The van der Waals surface area contributed by atoms with Crippen LogP contribution in [0.4, 0.5) is 8.78 Å². The molecule has 1 atom stereocenters. The highest BCUT2D eigenvalue weighted by Crippen LogP contribution is 2.20. The Labute approximate surface area is 109 Å². The summed E-state index contributed by atoms with van der Waals surface area (Å²) in [5.41, 5.74) is -0.636. The summed E-state index contributed by atoms with van der Waals surface area (Å²) in [6.45, 7) is 3.25. The first-order valence-corrected chi connectivity index (χ1v) is 6.92. The number of nitrogens with one attached hydrogen (secondary N) is 1. The van der Waals surface area contributed by atoms with E-state index in [9.17, 15) is 22.0 Å². The van der Waals surface area contributed by atoms with Gasteiger partial charge in [0.1, 0.15) is 4.90 Å². The summed E-state index contributed by atoms with van der Waals surface area (Å²) >= 11 is 0. The molecule has 1 aromatic carbocycles. The molecule has 19 heavy (non-hydrogen) atoms. The van der Waals surface area contributed by atoms with Crippen LogP contribution in [-0.2, 0) is 10.0 Å². The molecule has 0 bridgehead atoms. The molecule has 0 saturated carbocycles. The molecular formula is C11H13F2NO4S. The van der Waals surface area contributed by atoms with E-state index in [-0.39, 0.29) is 0 Å². The van der Waals surface area contributed by atoms with Crippen molar-refractivity contribution in [1.82, 2.24) is 4.72 Å². The SMILES string of the molecule is CCC(C)NS(=O)(=O)c1cc(C(=O)O)cc(F)c1F. The zero-order chi connectivity index (χ0) is 14.8. The molecule has 0 amide bonds. The highest BCUT2D eigenvalue weighted by atomic mass is 32.2.